The summed E-state index contributed by atoms with van der Waals surface area (Å²) in [5, 5.41) is 0. The van der Waals surface area contributed by atoms with Gasteiger partial charge in [-0.3, -0.25) is 4.90 Å². The maximum atomic E-state index is 14.2. The summed E-state index contributed by atoms with van der Waals surface area (Å²) in [5.74, 6) is -0.244. The van der Waals surface area contributed by atoms with E-state index in [1.54, 1.807) is 12.3 Å². The highest BCUT2D eigenvalue weighted by atomic mass is 19.1. The lowest BCUT2D eigenvalue weighted by molar-refractivity contribution is 0.304. The fraction of sp³-hybridized carbons (Fsp3) is 0.368. The number of halogens is 1. The quantitative estimate of drug-likeness (QED) is 0.718. The number of pyridine rings is 1. The SMILES string of the molecule is Cc1cccc(F)c1-c1cnc2oc(N3CCN4CC[C@@H]3C4)nc2c1. The van der Waals surface area contributed by atoms with Crippen molar-refractivity contribution in [3.05, 3.63) is 41.8 Å². The molecule has 6 heteroatoms. The van der Waals surface area contributed by atoms with E-state index in [-0.39, 0.29) is 5.82 Å². The second-order valence-electron chi connectivity index (χ2n) is 6.91. The molecule has 1 unspecified atom stereocenters. The zero-order valence-corrected chi connectivity index (χ0v) is 14.1. The number of fused-ring (bicyclic) bond motifs is 3. The summed E-state index contributed by atoms with van der Waals surface area (Å²) in [4.78, 5) is 13.8. The Morgan fingerprint density at radius 2 is 2.16 bits per heavy atom. The standard InChI is InChI=1S/C19H19FN4O/c1-12-3-2-4-15(20)17(12)13-9-16-18(21-10-13)25-19(22-16)24-8-7-23-6-5-14(24)11-23/h2-4,9-10,14H,5-8,11H2,1H3/t14-/m1/s1. The molecule has 2 aliphatic heterocycles. The maximum Gasteiger partial charge on any atom is 0.300 e. The average molecular weight is 338 g/mol. The lowest BCUT2D eigenvalue weighted by atomic mass is 10.0. The summed E-state index contributed by atoms with van der Waals surface area (Å²) in [5.41, 5.74) is 3.37. The zero-order chi connectivity index (χ0) is 17.0. The van der Waals surface area contributed by atoms with Gasteiger partial charge in [0.2, 0.25) is 5.71 Å². The lowest BCUT2D eigenvalue weighted by Crippen LogP contribution is -2.46. The van der Waals surface area contributed by atoms with Crippen molar-refractivity contribution in [3.8, 4) is 11.1 Å². The van der Waals surface area contributed by atoms with Crippen molar-refractivity contribution in [2.75, 3.05) is 31.1 Å². The van der Waals surface area contributed by atoms with Crippen LogP contribution >= 0.6 is 0 Å². The molecule has 5 nitrogen and oxygen atoms in total. The molecule has 2 fully saturated rings. The largest absolute Gasteiger partial charge is 0.404 e. The van der Waals surface area contributed by atoms with Crippen molar-refractivity contribution in [3.63, 3.8) is 0 Å². The number of aromatic nitrogens is 2. The topological polar surface area (TPSA) is 45.4 Å². The van der Waals surface area contributed by atoms with Crippen molar-refractivity contribution >= 4 is 17.2 Å². The van der Waals surface area contributed by atoms with Crippen LogP contribution in [0.15, 0.2) is 34.9 Å². The van der Waals surface area contributed by atoms with E-state index in [1.165, 1.54) is 6.07 Å². The molecule has 2 aromatic heterocycles. The summed E-state index contributed by atoms with van der Waals surface area (Å²) in [7, 11) is 0. The molecule has 2 saturated heterocycles. The smallest absolute Gasteiger partial charge is 0.300 e. The van der Waals surface area contributed by atoms with E-state index in [0.717, 1.165) is 43.7 Å². The third-order valence-electron chi connectivity index (χ3n) is 5.34. The van der Waals surface area contributed by atoms with E-state index < -0.39 is 0 Å². The molecule has 4 heterocycles. The minimum atomic E-state index is -0.244. The van der Waals surface area contributed by atoms with Gasteiger partial charge in [-0.1, -0.05) is 12.1 Å². The minimum Gasteiger partial charge on any atom is -0.404 e. The summed E-state index contributed by atoms with van der Waals surface area (Å²) in [6, 6.07) is 8.06. The monoisotopic (exact) mass is 338 g/mol. The van der Waals surface area contributed by atoms with Crippen LogP contribution in [-0.2, 0) is 0 Å². The van der Waals surface area contributed by atoms with Crippen LogP contribution in [0.25, 0.3) is 22.4 Å². The highest BCUT2D eigenvalue weighted by Gasteiger charge is 2.34. The van der Waals surface area contributed by atoms with Crippen LogP contribution in [0.1, 0.15) is 12.0 Å². The van der Waals surface area contributed by atoms with Gasteiger partial charge in [0.05, 0.1) is 0 Å². The molecule has 0 radical (unpaired) electrons. The first kappa shape index (κ1) is 14.8. The Labute approximate surface area is 145 Å². The predicted molar refractivity (Wildman–Crippen MR) is 94.1 cm³/mol. The van der Waals surface area contributed by atoms with Gasteiger partial charge in [-0.25, -0.2) is 9.37 Å². The van der Waals surface area contributed by atoms with Gasteiger partial charge in [0, 0.05) is 49.5 Å². The molecule has 3 aromatic rings. The van der Waals surface area contributed by atoms with E-state index in [0.29, 0.717) is 28.9 Å². The number of nitrogens with zero attached hydrogens (tertiary/aromatic N) is 4. The molecule has 2 bridgehead atoms. The number of anilines is 1. The van der Waals surface area contributed by atoms with Crippen molar-refractivity contribution in [2.24, 2.45) is 0 Å². The molecule has 0 N–H and O–H groups in total. The molecule has 2 aliphatic rings. The van der Waals surface area contributed by atoms with Crippen LogP contribution < -0.4 is 4.90 Å². The highest BCUT2D eigenvalue weighted by Crippen LogP contribution is 2.31. The summed E-state index contributed by atoms with van der Waals surface area (Å²) in [6.07, 6.45) is 2.81. The summed E-state index contributed by atoms with van der Waals surface area (Å²) < 4.78 is 20.2. The number of oxazole rings is 1. The maximum absolute atomic E-state index is 14.2. The van der Waals surface area contributed by atoms with Crippen molar-refractivity contribution < 1.29 is 8.81 Å². The van der Waals surface area contributed by atoms with Crippen molar-refractivity contribution in [1.82, 2.24) is 14.9 Å². The first-order valence-corrected chi connectivity index (χ1v) is 8.70. The van der Waals surface area contributed by atoms with Crippen LogP contribution in [0, 0.1) is 12.7 Å². The van der Waals surface area contributed by atoms with Gasteiger partial charge in [0.1, 0.15) is 11.3 Å². The number of hydrogen-bond donors (Lipinski definition) is 0. The van der Waals surface area contributed by atoms with Gasteiger partial charge < -0.3 is 9.32 Å². The van der Waals surface area contributed by atoms with Gasteiger partial charge in [0.15, 0.2) is 0 Å². The Kier molecular flexibility index (Phi) is 3.28. The predicted octanol–water partition coefficient (Wildman–Crippen LogP) is 3.23. The number of hydrogen-bond acceptors (Lipinski definition) is 5. The van der Waals surface area contributed by atoms with E-state index in [2.05, 4.69) is 19.8 Å². The highest BCUT2D eigenvalue weighted by molar-refractivity contribution is 5.79. The molecule has 0 spiro atoms. The summed E-state index contributed by atoms with van der Waals surface area (Å²) in [6.45, 7) is 6.09. The molecule has 0 aliphatic carbocycles. The Morgan fingerprint density at radius 1 is 1.24 bits per heavy atom. The average Bonchev–Trinajstić information content (AvgIpc) is 3.19. The first-order valence-electron chi connectivity index (χ1n) is 8.70. The van der Waals surface area contributed by atoms with Crippen LogP contribution in [0.2, 0.25) is 0 Å². The second kappa shape index (κ2) is 5.52. The number of aryl methyl sites for hydroxylation is 1. The van der Waals surface area contributed by atoms with Gasteiger partial charge >= 0.3 is 0 Å². The lowest BCUT2D eigenvalue weighted by Gasteiger charge is -2.32. The Bertz CT molecular complexity index is 933. The van der Waals surface area contributed by atoms with Gasteiger partial charge in [0.25, 0.3) is 6.01 Å². The van der Waals surface area contributed by atoms with Gasteiger partial charge in [-0.05, 0) is 31.0 Å². The van der Waals surface area contributed by atoms with Crippen molar-refractivity contribution in [1.29, 1.82) is 0 Å². The van der Waals surface area contributed by atoms with Gasteiger partial charge in [-0.15, -0.1) is 0 Å². The molecule has 25 heavy (non-hydrogen) atoms. The molecule has 2 atom stereocenters. The first-order chi connectivity index (χ1) is 12.2. The van der Waals surface area contributed by atoms with Crippen LogP contribution in [0.4, 0.5) is 10.4 Å². The third kappa shape index (κ3) is 2.40. The summed E-state index contributed by atoms with van der Waals surface area (Å²) >= 11 is 0. The molecular formula is C19H19FN4O. The Balaban J connectivity index is 1.55. The fourth-order valence-electron chi connectivity index (χ4n) is 4.02. The molecule has 1 aromatic carbocycles. The van der Waals surface area contributed by atoms with E-state index in [4.69, 9.17) is 4.42 Å². The third-order valence-corrected chi connectivity index (χ3v) is 5.34. The van der Waals surface area contributed by atoms with Crippen LogP contribution in [-0.4, -0.2) is 47.1 Å². The molecule has 0 saturated carbocycles. The normalized spacial score (nSPS) is 22.7. The van der Waals surface area contributed by atoms with Gasteiger partial charge in [-0.2, -0.15) is 4.98 Å². The van der Waals surface area contributed by atoms with Crippen LogP contribution in [0.3, 0.4) is 0 Å². The second-order valence-corrected chi connectivity index (χ2v) is 6.91. The molecule has 128 valence electrons. The zero-order valence-electron chi connectivity index (χ0n) is 14.1. The fourth-order valence-corrected chi connectivity index (χ4v) is 4.02. The Hall–Kier alpha value is -2.47. The van der Waals surface area contributed by atoms with Crippen molar-refractivity contribution in [2.45, 2.75) is 19.4 Å². The number of rotatable bonds is 2. The number of piperazine rings is 1. The van der Waals surface area contributed by atoms with E-state index >= 15 is 0 Å². The van der Waals surface area contributed by atoms with Crippen LogP contribution in [0.5, 0.6) is 0 Å². The van der Waals surface area contributed by atoms with E-state index in [9.17, 15) is 4.39 Å². The van der Waals surface area contributed by atoms with E-state index in [1.807, 2.05) is 19.1 Å². The Morgan fingerprint density at radius 3 is 3.04 bits per heavy atom. The molecular weight excluding hydrogens is 319 g/mol. The molecule has 5 rings (SSSR count). The number of benzene rings is 1. The molecule has 0 amide bonds. The minimum absolute atomic E-state index is 0.244.